The highest BCUT2D eigenvalue weighted by molar-refractivity contribution is 7.93. The summed E-state index contributed by atoms with van der Waals surface area (Å²) in [6, 6.07) is 41.4. The van der Waals surface area contributed by atoms with Crippen LogP contribution in [0, 0.1) is 11.6 Å². The second kappa shape index (κ2) is 21.0. The third-order valence-electron chi connectivity index (χ3n) is 11.6. The lowest BCUT2D eigenvalue weighted by Crippen LogP contribution is -2.42. The smallest absolute Gasteiger partial charge is 0.264 e. The van der Waals surface area contributed by atoms with Crippen LogP contribution in [0.3, 0.4) is 0 Å². The normalized spacial score (nSPS) is 15.9. The Bertz CT molecular complexity index is 2810. The van der Waals surface area contributed by atoms with Crippen molar-refractivity contribution in [2.45, 2.75) is 47.6 Å². The first-order valence-corrected chi connectivity index (χ1v) is 24.2. The van der Waals surface area contributed by atoms with Gasteiger partial charge in [0.2, 0.25) is 11.8 Å². The summed E-state index contributed by atoms with van der Waals surface area (Å²) in [5.74, 6) is -0.689. The van der Waals surface area contributed by atoms with E-state index in [1.54, 1.807) is 21.9 Å². The van der Waals surface area contributed by atoms with E-state index >= 15 is 0 Å². The number of rotatable bonds is 14. The number of nitrogens with zero attached hydrogens (tertiary/aromatic N) is 4. The van der Waals surface area contributed by atoms with Gasteiger partial charge in [-0.1, -0.05) is 66.7 Å². The molecule has 0 saturated carbocycles. The summed E-state index contributed by atoms with van der Waals surface area (Å²) in [6.07, 6.45) is 3.29. The Morgan fingerprint density at radius 3 is 1.36 bits per heavy atom. The highest BCUT2D eigenvalue weighted by Gasteiger charge is 2.36. The van der Waals surface area contributed by atoms with E-state index in [4.69, 9.17) is 9.47 Å². The molecular weight excluding hydrogens is 887 g/mol. The first-order chi connectivity index (χ1) is 31.8. The summed E-state index contributed by atoms with van der Waals surface area (Å²) < 4.78 is 93.9. The number of amides is 2. The maximum absolute atomic E-state index is 14.0. The molecule has 0 bridgehead atoms. The summed E-state index contributed by atoms with van der Waals surface area (Å²) in [5.41, 5.74) is 2.35. The van der Waals surface area contributed by atoms with Gasteiger partial charge in [-0.25, -0.2) is 25.6 Å². The van der Waals surface area contributed by atoms with Crippen LogP contribution in [0.4, 0.5) is 20.2 Å². The van der Waals surface area contributed by atoms with Gasteiger partial charge < -0.3 is 19.3 Å². The molecule has 0 radical (unpaired) electrons. The van der Waals surface area contributed by atoms with Crippen LogP contribution in [0.5, 0.6) is 11.5 Å². The lowest BCUT2D eigenvalue weighted by atomic mass is 10.0. The summed E-state index contributed by atoms with van der Waals surface area (Å²) in [5, 5.41) is 0. The number of anilines is 2. The zero-order valence-electron chi connectivity index (χ0n) is 36.4. The Labute approximate surface area is 384 Å². The van der Waals surface area contributed by atoms with Gasteiger partial charge in [-0.2, -0.15) is 0 Å². The fourth-order valence-corrected chi connectivity index (χ4v) is 11.0. The van der Waals surface area contributed by atoms with E-state index in [-0.39, 0.29) is 51.6 Å². The number of likely N-dealkylation sites (tertiary alicyclic amines) is 2. The van der Waals surface area contributed by atoms with Crippen molar-refractivity contribution >= 4 is 43.2 Å². The van der Waals surface area contributed by atoms with Crippen molar-refractivity contribution < 1.29 is 44.7 Å². The van der Waals surface area contributed by atoms with Crippen LogP contribution in [-0.4, -0.2) is 78.8 Å². The second-order valence-corrected chi connectivity index (χ2v) is 19.4. The minimum atomic E-state index is -4.14. The van der Waals surface area contributed by atoms with E-state index in [1.807, 2.05) is 60.7 Å². The summed E-state index contributed by atoms with van der Waals surface area (Å²) >= 11 is 0. The van der Waals surface area contributed by atoms with Crippen molar-refractivity contribution in [2.24, 2.45) is 0 Å². The number of sulfonamides is 2. The molecule has 2 amide bonds. The standard InChI is InChI=1S/2C25H25FN2O4S/c1-32-22-12-14-23(15-13-22)33(30,31)28(21-10-5-9-20(26)17-21)18-25(29)27-16-6-11-24(27)19-7-3-2-4-8-19;1-32-22-13-15-23(16-14-22)33(30,31)28(21-11-9-20(26)10-12-21)18-25(29)27-17-5-8-24(27)19-6-3-2-4-7-19/h2-5,7-10,12-15,17,24H,6,11,16,18H2,1H3;2-4,6-7,9-16,24H,5,8,17-18H2,1H3. The summed E-state index contributed by atoms with van der Waals surface area (Å²) in [7, 11) is -5.25. The molecule has 2 aliphatic rings. The van der Waals surface area contributed by atoms with Crippen LogP contribution in [0.1, 0.15) is 48.9 Å². The molecule has 8 rings (SSSR count). The van der Waals surface area contributed by atoms with Gasteiger partial charge >= 0.3 is 0 Å². The number of hydrogen-bond acceptors (Lipinski definition) is 8. The fraction of sp³-hybridized carbons (Fsp3) is 0.240. The van der Waals surface area contributed by atoms with Gasteiger partial charge in [0.05, 0.1) is 47.5 Å². The molecule has 344 valence electrons. The molecule has 66 heavy (non-hydrogen) atoms. The zero-order valence-corrected chi connectivity index (χ0v) is 38.1. The maximum atomic E-state index is 14.0. The summed E-state index contributed by atoms with van der Waals surface area (Å²) in [4.78, 5) is 30.2. The zero-order chi connectivity index (χ0) is 46.8. The molecule has 16 heteroatoms. The summed E-state index contributed by atoms with van der Waals surface area (Å²) in [6.45, 7) is 0.278. The average molecular weight is 937 g/mol. The number of methoxy groups -OCH3 is 2. The van der Waals surface area contributed by atoms with Crippen LogP contribution >= 0.6 is 0 Å². The van der Waals surface area contributed by atoms with E-state index in [0.717, 1.165) is 51.5 Å². The molecular formula is C50H50F2N4O8S2. The predicted octanol–water partition coefficient (Wildman–Crippen LogP) is 8.79. The molecule has 2 unspecified atom stereocenters. The number of benzene rings is 6. The van der Waals surface area contributed by atoms with Gasteiger partial charge in [-0.3, -0.25) is 18.2 Å². The Kier molecular flexibility index (Phi) is 15.0. The van der Waals surface area contributed by atoms with E-state index < -0.39 is 38.2 Å². The number of halogens is 2. The van der Waals surface area contributed by atoms with Crippen LogP contribution in [0.15, 0.2) is 168 Å². The number of carbonyl (C=O) groups excluding carboxylic acids is 2. The molecule has 6 aromatic carbocycles. The van der Waals surface area contributed by atoms with Crippen molar-refractivity contribution in [3.63, 3.8) is 0 Å². The first kappa shape index (κ1) is 47.2. The van der Waals surface area contributed by atoms with Gasteiger partial charge in [-0.15, -0.1) is 0 Å². The highest BCUT2D eigenvalue weighted by atomic mass is 32.2. The van der Waals surface area contributed by atoms with Crippen molar-refractivity contribution in [2.75, 3.05) is 49.0 Å². The van der Waals surface area contributed by atoms with E-state index in [1.165, 1.54) is 93.1 Å². The monoisotopic (exact) mass is 936 g/mol. The quantitative estimate of drug-likeness (QED) is 0.106. The lowest BCUT2D eigenvalue weighted by molar-refractivity contribution is -0.131. The molecule has 2 saturated heterocycles. The molecule has 0 N–H and O–H groups in total. The minimum Gasteiger partial charge on any atom is -0.497 e. The predicted molar refractivity (Wildman–Crippen MR) is 248 cm³/mol. The maximum Gasteiger partial charge on any atom is 0.264 e. The number of ether oxygens (including phenoxy) is 2. The molecule has 2 heterocycles. The number of hydrogen-bond donors (Lipinski definition) is 0. The Balaban J connectivity index is 0.000000196. The average Bonchev–Trinajstić information content (AvgIpc) is 4.05. The molecule has 6 aromatic rings. The van der Waals surface area contributed by atoms with Gasteiger partial charge in [0.1, 0.15) is 36.2 Å². The fourth-order valence-electron chi connectivity index (χ4n) is 8.22. The van der Waals surface area contributed by atoms with E-state index in [0.29, 0.717) is 24.6 Å². The third-order valence-corrected chi connectivity index (χ3v) is 15.2. The lowest BCUT2D eigenvalue weighted by Gasteiger charge is -2.30. The Morgan fingerprint density at radius 1 is 0.530 bits per heavy atom. The highest BCUT2D eigenvalue weighted by Crippen LogP contribution is 2.35. The van der Waals surface area contributed by atoms with Gasteiger partial charge in [-0.05, 0) is 128 Å². The van der Waals surface area contributed by atoms with Crippen LogP contribution < -0.4 is 18.1 Å². The van der Waals surface area contributed by atoms with Gasteiger partial charge in [0, 0.05) is 13.1 Å². The van der Waals surface area contributed by atoms with Crippen LogP contribution in [0.2, 0.25) is 0 Å². The Morgan fingerprint density at radius 2 is 0.955 bits per heavy atom. The van der Waals surface area contributed by atoms with Crippen molar-refractivity contribution in [3.05, 3.63) is 180 Å². The van der Waals surface area contributed by atoms with E-state index in [9.17, 15) is 35.2 Å². The third kappa shape index (κ3) is 10.8. The minimum absolute atomic E-state index is 0.0126. The topological polar surface area (TPSA) is 134 Å². The largest absolute Gasteiger partial charge is 0.497 e. The molecule has 2 aliphatic heterocycles. The molecule has 0 aliphatic carbocycles. The SMILES string of the molecule is COc1ccc(S(=O)(=O)N(CC(=O)N2CCCC2c2ccccc2)c2ccc(F)cc2)cc1.COc1ccc(S(=O)(=O)N(CC(=O)N2CCCC2c2ccccc2)c2cccc(F)c2)cc1. The van der Waals surface area contributed by atoms with E-state index in [2.05, 4.69) is 0 Å². The number of carbonyl (C=O) groups is 2. The van der Waals surface area contributed by atoms with Gasteiger partial charge in [0.25, 0.3) is 20.0 Å². The molecule has 2 fully saturated rings. The second-order valence-electron chi connectivity index (χ2n) is 15.6. The van der Waals surface area contributed by atoms with Crippen LogP contribution in [-0.2, 0) is 29.6 Å². The van der Waals surface area contributed by atoms with Crippen molar-refractivity contribution in [3.8, 4) is 11.5 Å². The first-order valence-electron chi connectivity index (χ1n) is 21.3. The molecule has 2 atom stereocenters. The molecule has 0 aromatic heterocycles. The van der Waals surface area contributed by atoms with Gasteiger partial charge in [0.15, 0.2) is 0 Å². The molecule has 12 nitrogen and oxygen atoms in total. The Hall–Kier alpha value is -6.78. The molecule has 0 spiro atoms. The van der Waals surface area contributed by atoms with Crippen LogP contribution in [0.25, 0.3) is 0 Å². The van der Waals surface area contributed by atoms with Crippen molar-refractivity contribution in [1.82, 2.24) is 9.80 Å². The van der Waals surface area contributed by atoms with Crippen molar-refractivity contribution in [1.29, 1.82) is 0 Å².